The molecule has 0 unspecified atom stereocenters. The summed E-state index contributed by atoms with van der Waals surface area (Å²) in [6.45, 7) is 6.69. The molecule has 0 bridgehead atoms. The van der Waals surface area contributed by atoms with E-state index < -0.39 is 15.8 Å². The molecular weight excluding hydrogens is 269 g/mol. The van der Waals surface area contributed by atoms with Crippen molar-refractivity contribution in [3.63, 3.8) is 0 Å². The van der Waals surface area contributed by atoms with Crippen molar-refractivity contribution >= 4 is 10.0 Å². The maximum absolute atomic E-state index is 13.5. The van der Waals surface area contributed by atoms with E-state index in [1.807, 2.05) is 13.8 Å². The van der Waals surface area contributed by atoms with Crippen LogP contribution in [0.25, 0.3) is 0 Å². The second kappa shape index (κ2) is 6.98. The smallest absolute Gasteiger partial charge is 0.243 e. The van der Waals surface area contributed by atoms with E-state index in [2.05, 4.69) is 4.72 Å². The zero-order valence-electron chi connectivity index (χ0n) is 11.4. The lowest BCUT2D eigenvalue weighted by Gasteiger charge is -2.10. The van der Waals surface area contributed by atoms with E-state index >= 15 is 0 Å². The molecule has 0 amide bonds. The van der Waals surface area contributed by atoms with Gasteiger partial charge in [-0.1, -0.05) is 19.9 Å². The van der Waals surface area contributed by atoms with Crippen molar-refractivity contribution in [3.8, 4) is 0 Å². The fourth-order valence-corrected chi connectivity index (χ4v) is 2.63. The fraction of sp³-hybridized carbons (Fsp3) is 0.538. The number of benzene rings is 1. The zero-order valence-corrected chi connectivity index (χ0v) is 12.3. The minimum absolute atomic E-state index is 0.127. The summed E-state index contributed by atoms with van der Waals surface area (Å²) >= 11 is 0. The van der Waals surface area contributed by atoms with Gasteiger partial charge in [-0.25, -0.2) is 17.5 Å². The number of nitrogens with one attached hydrogen (secondary N) is 1. The van der Waals surface area contributed by atoms with E-state index in [-0.39, 0.29) is 18.0 Å². The van der Waals surface area contributed by atoms with Crippen molar-refractivity contribution in [2.45, 2.75) is 25.7 Å². The molecule has 0 aromatic heterocycles. The third-order valence-electron chi connectivity index (χ3n) is 2.37. The lowest BCUT2D eigenvalue weighted by Crippen LogP contribution is -2.28. The second-order valence-corrected chi connectivity index (χ2v) is 6.54. The first-order chi connectivity index (χ1) is 8.83. The van der Waals surface area contributed by atoms with Gasteiger partial charge in [0, 0.05) is 13.2 Å². The van der Waals surface area contributed by atoms with Crippen LogP contribution in [0.15, 0.2) is 23.1 Å². The number of sulfonamides is 1. The average molecular weight is 289 g/mol. The summed E-state index contributed by atoms with van der Waals surface area (Å²) in [7, 11) is -3.82. The van der Waals surface area contributed by atoms with Gasteiger partial charge in [-0.15, -0.1) is 0 Å². The Balaban J connectivity index is 2.59. The van der Waals surface area contributed by atoms with Gasteiger partial charge in [-0.2, -0.15) is 0 Å². The van der Waals surface area contributed by atoms with E-state index in [4.69, 9.17) is 4.74 Å². The lowest BCUT2D eigenvalue weighted by atomic mass is 10.2. The molecule has 0 aliphatic heterocycles. The summed E-state index contributed by atoms with van der Waals surface area (Å²) in [5.74, 6) is -0.355. The highest BCUT2D eigenvalue weighted by atomic mass is 32.2. The Morgan fingerprint density at radius 3 is 2.68 bits per heavy atom. The van der Waals surface area contributed by atoms with E-state index in [0.29, 0.717) is 18.1 Å². The molecular formula is C13H20FNO3S. The van der Waals surface area contributed by atoms with Crippen LogP contribution in [-0.4, -0.2) is 28.2 Å². The normalized spacial score (nSPS) is 12.1. The predicted molar refractivity (Wildman–Crippen MR) is 72.0 cm³/mol. The Bertz CT molecular complexity index is 515. The first-order valence-corrected chi connectivity index (χ1v) is 7.65. The monoisotopic (exact) mass is 289 g/mol. The van der Waals surface area contributed by atoms with E-state index in [1.165, 1.54) is 12.1 Å². The molecule has 1 aromatic rings. The first kappa shape index (κ1) is 16.1. The average Bonchev–Trinajstić information content (AvgIpc) is 2.31. The number of aryl methyl sites for hydroxylation is 1. The highest BCUT2D eigenvalue weighted by Crippen LogP contribution is 2.15. The largest absolute Gasteiger partial charge is 0.380 e. The van der Waals surface area contributed by atoms with Gasteiger partial charge in [-0.05, 0) is 30.5 Å². The van der Waals surface area contributed by atoms with Crippen LogP contribution in [0.4, 0.5) is 4.39 Å². The van der Waals surface area contributed by atoms with Crippen molar-refractivity contribution in [1.29, 1.82) is 0 Å². The van der Waals surface area contributed by atoms with Crippen LogP contribution in [0.3, 0.4) is 0 Å². The molecule has 1 N–H and O–H groups in total. The summed E-state index contributed by atoms with van der Waals surface area (Å²) in [5, 5.41) is 0. The van der Waals surface area contributed by atoms with Crippen molar-refractivity contribution in [2.75, 3.05) is 19.8 Å². The summed E-state index contributed by atoms with van der Waals surface area (Å²) in [6.07, 6.45) is 0. The summed E-state index contributed by atoms with van der Waals surface area (Å²) in [6, 6.07) is 3.99. The Kier molecular flexibility index (Phi) is 5.90. The van der Waals surface area contributed by atoms with E-state index in [9.17, 15) is 12.8 Å². The Hall–Kier alpha value is -0.980. The molecule has 0 fully saturated rings. The van der Waals surface area contributed by atoms with Gasteiger partial charge in [0.1, 0.15) is 10.7 Å². The van der Waals surface area contributed by atoms with E-state index in [1.54, 1.807) is 6.92 Å². The Morgan fingerprint density at radius 2 is 2.05 bits per heavy atom. The Morgan fingerprint density at radius 1 is 1.37 bits per heavy atom. The summed E-state index contributed by atoms with van der Waals surface area (Å²) in [5.41, 5.74) is 0.692. The second-order valence-electron chi connectivity index (χ2n) is 4.80. The van der Waals surface area contributed by atoms with Crippen LogP contribution in [0.1, 0.15) is 19.4 Å². The molecule has 4 nitrogen and oxygen atoms in total. The highest BCUT2D eigenvalue weighted by molar-refractivity contribution is 7.89. The maximum atomic E-state index is 13.5. The topological polar surface area (TPSA) is 55.4 Å². The molecule has 0 saturated heterocycles. The van der Waals surface area contributed by atoms with Crippen molar-refractivity contribution < 1.29 is 17.5 Å². The minimum atomic E-state index is -3.82. The predicted octanol–water partition coefficient (Wildman–Crippen LogP) is 2.09. The van der Waals surface area contributed by atoms with Gasteiger partial charge in [0.25, 0.3) is 0 Å². The van der Waals surface area contributed by atoms with Gasteiger partial charge >= 0.3 is 0 Å². The van der Waals surface area contributed by atoms with Gasteiger partial charge < -0.3 is 4.74 Å². The van der Waals surface area contributed by atoms with Crippen LogP contribution in [-0.2, 0) is 14.8 Å². The zero-order chi connectivity index (χ0) is 14.5. The Labute approximate surface area is 114 Å². The number of halogens is 1. The van der Waals surface area contributed by atoms with Crippen molar-refractivity contribution in [3.05, 3.63) is 29.6 Å². The molecule has 0 aliphatic rings. The van der Waals surface area contributed by atoms with Crippen LogP contribution in [0, 0.1) is 18.7 Å². The van der Waals surface area contributed by atoms with Crippen molar-refractivity contribution in [1.82, 2.24) is 4.72 Å². The molecule has 0 spiro atoms. The molecule has 0 aliphatic carbocycles. The molecule has 1 aromatic carbocycles. The molecule has 0 radical (unpaired) electrons. The summed E-state index contributed by atoms with van der Waals surface area (Å²) in [4.78, 5) is -0.323. The number of hydrogen-bond acceptors (Lipinski definition) is 3. The first-order valence-electron chi connectivity index (χ1n) is 6.16. The van der Waals surface area contributed by atoms with Crippen LogP contribution in [0.5, 0.6) is 0 Å². The number of ether oxygens (including phenoxy) is 1. The van der Waals surface area contributed by atoms with Crippen LogP contribution >= 0.6 is 0 Å². The molecule has 108 valence electrons. The number of rotatable bonds is 7. The SMILES string of the molecule is Cc1ccc(F)c(S(=O)(=O)NCCOCC(C)C)c1. The van der Waals surface area contributed by atoms with Crippen LogP contribution in [0.2, 0.25) is 0 Å². The number of hydrogen-bond donors (Lipinski definition) is 1. The van der Waals surface area contributed by atoms with Gasteiger partial charge in [0.2, 0.25) is 10.0 Å². The summed E-state index contributed by atoms with van der Waals surface area (Å²) < 4.78 is 44.9. The third-order valence-corrected chi connectivity index (χ3v) is 3.84. The maximum Gasteiger partial charge on any atom is 0.243 e. The van der Waals surface area contributed by atoms with Crippen molar-refractivity contribution in [2.24, 2.45) is 5.92 Å². The molecule has 19 heavy (non-hydrogen) atoms. The van der Waals surface area contributed by atoms with E-state index in [0.717, 1.165) is 6.07 Å². The van der Waals surface area contributed by atoms with Gasteiger partial charge in [0.05, 0.1) is 6.61 Å². The molecule has 0 atom stereocenters. The molecule has 0 heterocycles. The van der Waals surface area contributed by atoms with Gasteiger partial charge in [-0.3, -0.25) is 0 Å². The third kappa shape index (κ3) is 5.26. The minimum Gasteiger partial charge on any atom is -0.380 e. The lowest BCUT2D eigenvalue weighted by molar-refractivity contribution is 0.114. The highest BCUT2D eigenvalue weighted by Gasteiger charge is 2.18. The standard InChI is InChI=1S/C13H20FNO3S/c1-10(2)9-18-7-6-15-19(16,17)13-8-11(3)4-5-12(13)14/h4-5,8,10,15H,6-7,9H2,1-3H3. The fourth-order valence-electron chi connectivity index (χ4n) is 1.46. The van der Waals surface area contributed by atoms with Crippen LogP contribution < -0.4 is 4.72 Å². The molecule has 6 heteroatoms. The molecule has 1 rings (SSSR count). The quantitative estimate of drug-likeness (QED) is 0.782. The molecule has 0 saturated carbocycles. The van der Waals surface area contributed by atoms with Gasteiger partial charge in [0.15, 0.2) is 0 Å².